The Hall–Kier alpha value is -1.45. The minimum atomic E-state index is 0.0953. The van der Waals surface area contributed by atoms with Gasteiger partial charge in [-0.15, -0.1) is 0 Å². The van der Waals surface area contributed by atoms with Gasteiger partial charge >= 0.3 is 0 Å². The third-order valence-corrected chi connectivity index (χ3v) is 6.63. The third kappa shape index (κ3) is 3.45. The summed E-state index contributed by atoms with van der Waals surface area (Å²) in [5.41, 5.74) is 3.96. The lowest BCUT2D eigenvalue weighted by Gasteiger charge is -2.42. The number of benzene rings is 2. The molecule has 1 atom stereocenters. The van der Waals surface area contributed by atoms with Crippen LogP contribution in [0.25, 0.3) is 0 Å². The molecular weight excluding hydrogens is 348 g/mol. The first kappa shape index (κ1) is 17.0. The van der Waals surface area contributed by atoms with Crippen LogP contribution in [-0.4, -0.2) is 17.3 Å². The number of amidine groups is 1. The van der Waals surface area contributed by atoms with E-state index in [1.165, 1.54) is 47.0 Å². The number of nitrogens with one attached hydrogen (secondary N) is 1. The largest absolute Gasteiger partial charge is 0.343 e. The van der Waals surface area contributed by atoms with E-state index in [2.05, 4.69) is 54.3 Å². The van der Waals surface area contributed by atoms with Crippen molar-refractivity contribution in [3.8, 4) is 0 Å². The lowest BCUT2D eigenvalue weighted by molar-refractivity contribution is 0.376. The van der Waals surface area contributed by atoms with Gasteiger partial charge in [0.05, 0.1) is 6.04 Å². The van der Waals surface area contributed by atoms with Crippen LogP contribution in [0, 0.1) is 5.41 Å². The second kappa shape index (κ2) is 7.05. The van der Waals surface area contributed by atoms with Gasteiger partial charge in [-0.2, -0.15) is 11.8 Å². The van der Waals surface area contributed by atoms with E-state index in [0.717, 1.165) is 11.4 Å². The van der Waals surface area contributed by atoms with Gasteiger partial charge in [-0.1, -0.05) is 41.9 Å². The van der Waals surface area contributed by atoms with Crippen LogP contribution in [0.2, 0.25) is 5.02 Å². The molecule has 4 heteroatoms. The van der Waals surface area contributed by atoms with Crippen molar-refractivity contribution in [1.29, 1.82) is 0 Å². The van der Waals surface area contributed by atoms with Crippen LogP contribution in [0.1, 0.15) is 36.9 Å². The number of halogens is 1. The predicted molar refractivity (Wildman–Crippen MR) is 110 cm³/mol. The predicted octanol–water partition coefficient (Wildman–Crippen LogP) is 5.98. The van der Waals surface area contributed by atoms with E-state index in [1.807, 2.05) is 18.2 Å². The monoisotopic (exact) mass is 370 g/mol. The molecule has 2 aromatic rings. The maximum absolute atomic E-state index is 6.17. The number of anilines is 1. The molecule has 0 saturated carbocycles. The summed E-state index contributed by atoms with van der Waals surface area (Å²) in [7, 11) is 0. The minimum absolute atomic E-state index is 0.0953. The number of thioether (sulfide) groups is 1. The first-order valence-electron chi connectivity index (χ1n) is 8.93. The molecule has 25 heavy (non-hydrogen) atoms. The molecule has 0 aromatic heterocycles. The SMILES string of the molecule is CC(N=C1Nc2ccccc2CC12CCSCC2)c1cccc(Cl)c1. The van der Waals surface area contributed by atoms with Gasteiger partial charge in [-0.3, -0.25) is 4.99 Å². The molecule has 1 unspecified atom stereocenters. The average Bonchev–Trinajstić information content (AvgIpc) is 2.63. The van der Waals surface area contributed by atoms with E-state index < -0.39 is 0 Å². The quantitative estimate of drug-likeness (QED) is 0.703. The van der Waals surface area contributed by atoms with Crippen molar-refractivity contribution in [3.63, 3.8) is 0 Å². The molecule has 1 fully saturated rings. The standard InChI is InChI=1S/C21H23ClN2S/c1-15(16-6-4-7-18(22)13-16)23-20-21(9-11-25-12-10-21)14-17-5-2-3-8-19(17)24-20/h2-8,13,15H,9-12,14H2,1H3,(H,23,24). The molecule has 2 aliphatic rings. The number of aliphatic imine (C=N–C) groups is 1. The summed E-state index contributed by atoms with van der Waals surface area (Å²) in [6.45, 7) is 2.16. The molecule has 2 heterocycles. The number of rotatable bonds is 2. The Morgan fingerprint density at radius 3 is 2.72 bits per heavy atom. The maximum atomic E-state index is 6.17. The molecule has 1 N–H and O–H groups in total. The molecule has 0 bridgehead atoms. The van der Waals surface area contributed by atoms with Crippen LogP contribution < -0.4 is 5.32 Å². The van der Waals surface area contributed by atoms with Gasteiger partial charge in [-0.05, 0) is 67.0 Å². The third-order valence-electron chi connectivity index (χ3n) is 5.41. The first-order chi connectivity index (χ1) is 12.2. The lowest BCUT2D eigenvalue weighted by Crippen LogP contribution is -2.44. The summed E-state index contributed by atoms with van der Waals surface area (Å²) in [5.74, 6) is 3.60. The van der Waals surface area contributed by atoms with Gasteiger partial charge in [0.1, 0.15) is 5.84 Å². The molecule has 1 spiro atoms. The molecule has 0 amide bonds. The van der Waals surface area contributed by atoms with E-state index in [4.69, 9.17) is 16.6 Å². The summed E-state index contributed by atoms with van der Waals surface area (Å²) in [6, 6.07) is 16.8. The van der Waals surface area contributed by atoms with Crippen molar-refractivity contribution in [2.24, 2.45) is 10.4 Å². The van der Waals surface area contributed by atoms with Gasteiger partial charge in [0.2, 0.25) is 0 Å². The summed E-state index contributed by atoms with van der Waals surface area (Å²) in [4.78, 5) is 5.16. The smallest absolute Gasteiger partial charge is 0.108 e. The van der Waals surface area contributed by atoms with Crippen molar-refractivity contribution < 1.29 is 0 Å². The normalized spacial score (nSPS) is 21.6. The summed E-state index contributed by atoms with van der Waals surface area (Å²) >= 11 is 8.24. The van der Waals surface area contributed by atoms with Gasteiger partial charge in [0, 0.05) is 16.1 Å². The Bertz CT molecular complexity index is 796. The zero-order chi connectivity index (χ0) is 17.3. The van der Waals surface area contributed by atoms with Crippen LogP contribution in [0.5, 0.6) is 0 Å². The van der Waals surface area contributed by atoms with Crippen LogP contribution in [0.3, 0.4) is 0 Å². The zero-order valence-corrected chi connectivity index (χ0v) is 16.0. The first-order valence-corrected chi connectivity index (χ1v) is 10.5. The highest BCUT2D eigenvalue weighted by molar-refractivity contribution is 7.99. The number of hydrogen-bond donors (Lipinski definition) is 1. The summed E-state index contributed by atoms with van der Waals surface area (Å²) in [6.07, 6.45) is 3.48. The van der Waals surface area contributed by atoms with Crippen LogP contribution >= 0.6 is 23.4 Å². The maximum Gasteiger partial charge on any atom is 0.108 e. The summed E-state index contributed by atoms with van der Waals surface area (Å²) in [5, 5.41) is 4.45. The Balaban J connectivity index is 1.72. The van der Waals surface area contributed by atoms with Crippen LogP contribution in [-0.2, 0) is 6.42 Å². The lowest BCUT2D eigenvalue weighted by atomic mass is 9.72. The van der Waals surface area contributed by atoms with Gasteiger partial charge < -0.3 is 5.32 Å². The van der Waals surface area contributed by atoms with Crippen molar-refractivity contribution >= 4 is 34.9 Å². The molecule has 4 rings (SSSR count). The van der Waals surface area contributed by atoms with E-state index in [0.29, 0.717) is 0 Å². The zero-order valence-electron chi connectivity index (χ0n) is 14.5. The fraction of sp³-hybridized carbons (Fsp3) is 0.381. The fourth-order valence-corrected chi connectivity index (χ4v) is 5.36. The highest BCUT2D eigenvalue weighted by Crippen LogP contribution is 2.44. The molecule has 2 aliphatic heterocycles. The molecule has 2 nitrogen and oxygen atoms in total. The van der Waals surface area contributed by atoms with Crippen molar-refractivity contribution in [3.05, 3.63) is 64.7 Å². The highest BCUT2D eigenvalue weighted by atomic mass is 35.5. The second-order valence-corrected chi connectivity index (χ2v) is 8.72. The van der Waals surface area contributed by atoms with E-state index in [9.17, 15) is 0 Å². The Morgan fingerprint density at radius 1 is 1.12 bits per heavy atom. The molecular formula is C21H23ClN2S. The number of nitrogens with zero attached hydrogens (tertiary/aromatic N) is 1. The number of hydrogen-bond acceptors (Lipinski definition) is 2. The average molecular weight is 371 g/mol. The van der Waals surface area contributed by atoms with Crippen LogP contribution in [0.15, 0.2) is 53.5 Å². The highest BCUT2D eigenvalue weighted by Gasteiger charge is 2.41. The summed E-state index contributed by atoms with van der Waals surface area (Å²) < 4.78 is 0. The fourth-order valence-electron chi connectivity index (χ4n) is 3.88. The Labute approximate surface area is 159 Å². The van der Waals surface area contributed by atoms with Crippen molar-refractivity contribution in [2.45, 2.75) is 32.2 Å². The number of para-hydroxylation sites is 1. The van der Waals surface area contributed by atoms with E-state index in [1.54, 1.807) is 0 Å². The molecule has 130 valence electrons. The number of fused-ring (bicyclic) bond motifs is 1. The molecule has 2 aromatic carbocycles. The van der Waals surface area contributed by atoms with Crippen molar-refractivity contribution in [1.82, 2.24) is 0 Å². The Morgan fingerprint density at radius 2 is 1.92 bits per heavy atom. The molecule has 0 radical (unpaired) electrons. The van der Waals surface area contributed by atoms with Gasteiger partial charge in [0.15, 0.2) is 0 Å². The van der Waals surface area contributed by atoms with Crippen molar-refractivity contribution in [2.75, 3.05) is 16.8 Å². The second-order valence-electron chi connectivity index (χ2n) is 7.06. The van der Waals surface area contributed by atoms with Gasteiger partial charge in [-0.25, -0.2) is 0 Å². The topological polar surface area (TPSA) is 24.4 Å². The van der Waals surface area contributed by atoms with Crippen LogP contribution in [0.4, 0.5) is 5.69 Å². The molecule has 0 aliphatic carbocycles. The van der Waals surface area contributed by atoms with E-state index in [-0.39, 0.29) is 11.5 Å². The van der Waals surface area contributed by atoms with E-state index >= 15 is 0 Å². The Kier molecular flexibility index (Phi) is 4.79. The minimum Gasteiger partial charge on any atom is -0.343 e. The molecule has 1 saturated heterocycles. The van der Waals surface area contributed by atoms with Gasteiger partial charge in [0.25, 0.3) is 0 Å².